The van der Waals surface area contributed by atoms with Gasteiger partial charge < -0.3 is 24.8 Å². The molecule has 47 heavy (non-hydrogen) atoms. The first-order valence-corrected chi connectivity index (χ1v) is 19.3. The van der Waals surface area contributed by atoms with Gasteiger partial charge in [-0.15, -0.1) is 0 Å². The van der Waals surface area contributed by atoms with Crippen molar-refractivity contribution in [1.82, 2.24) is 0 Å². The van der Waals surface area contributed by atoms with Crippen molar-refractivity contribution in [1.29, 1.82) is 0 Å². The summed E-state index contributed by atoms with van der Waals surface area (Å²) in [4.78, 5) is 0. The molecule has 0 spiro atoms. The van der Waals surface area contributed by atoms with E-state index in [1.165, 1.54) is 39.0 Å². The molecule has 2 aliphatic rings. The van der Waals surface area contributed by atoms with Crippen LogP contribution in [0.4, 0.5) is 0 Å². The second-order valence-electron chi connectivity index (χ2n) is 16.2. The molecule has 243 valence electrons. The minimum absolute atomic E-state index is 0. The first-order chi connectivity index (χ1) is 21.1. The number of hydrogen-bond donors (Lipinski definition) is 0. The van der Waals surface area contributed by atoms with Gasteiger partial charge in [-0.05, 0) is 0 Å². The SMILES string of the molecule is CC1=C(c2c(C(C)(C)C)ccc3c2[CH]([Zr+2]=[C](c2ccccc2)c2ccccc2)c2cc(C(C)(C)C)ccc2-3)CC(C(C)(C)C)=C1.[Cl-].[Cl-]. The van der Waals surface area contributed by atoms with Gasteiger partial charge in [-0.25, -0.2) is 0 Å². The van der Waals surface area contributed by atoms with Crippen molar-refractivity contribution < 1.29 is 47.6 Å². The Bertz CT molecular complexity index is 1810. The summed E-state index contributed by atoms with van der Waals surface area (Å²) in [6, 6.07) is 34.9. The quantitative estimate of drug-likeness (QED) is 0.246. The molecule has 0 saturated carbocycles. The molecular formula is C44H49Cl2Zr. The van der Waals surface area contributed by atoms with Crippen LogP contribution in [0.2, 0.25) is 0 Å². The van der Waals surface area contributed by atoms with Gasteiger partial charge in [-0.3, -0.25) is 0 Å². The topological polar surface area (TPSA) is 0 Å². The van der Waals surface area contributed by atoms with Gasteiger partial charge in [0, 0.05) is 0 Å². The van der Waals surface area contributed by atoms with E-state index in [1.54, 1.807) is 31.0 Å². The summed E-state index contributed by atoms with van der Waals surface area (Å²) >= 11 is -1.27. The minimum atomic E-state index is -1.27. The van der Waals surface area contributed by atoms with Gasteiger partial charge >= 0.3 is 285 Å². The standard InChI is InChI=1S/C31H39.C13H10.2ClH.Zr/c1-19-15-22(30(5,6)7)18-25(19)28-26-17-20-16-21(29(2,3)4)11-12-23(20)24(26)13-14-27(28)31(8,9)10;1-3-7-12(8-4-1)11-13-9-5-2-6-10-13;;;/h11-17H,18H2,1-10H3;1-10H;2*1H;/q;;;;+2/p-2. The summed E-state index contributed by atoms with van der Waals surface area (Å²) in [5.41, 5.74) is 18.2. The zero-order valence-electron chi connectivity index (χ0n) is 29.8. The van der Waals surface area contributed by atoms with E-state index in [4.69, 9.17) is 0 Å². The summed E-state index contributed by atoms with van der Waals surface area (Å²) < 4.78 is 2.01. The van der Waals surface area contributed by atoms with Crippen molar-refractivity contribution in [2.75, 3.05) is 0 Å². The maximum Gasteiger partial charge on any atom is -1.00 e. The Kier molecular flexibility index (Phi) is 11.1. The van der Waals surface area contributed by atoms with E-state index in [2.05, 4.69) is 166 Å². The summed E-state index contributed by atoms with van der Waals surface area (Å²) in [5, 5.41) is 0. The molecule has 1 unspecified atom stereocenters. The van der Waals surface area contributed by atoms with Crippen molar-refractivity contribution >= 4 is 8.78 Å². The van der Waals surface area contributed by atoms with E-state index in [0.29, 0.717) is 3.63 Å². The zero-order chi connectivity index (χ0) is 32.3. The molecule has 0 radical (unpaired) electrons. The average molecular weight is 740 g/mol. The first kappa shape index (κ1) is 37.5. The number of rotatable bonds is 4. The van der Waals surface area contributed by atoms with Crippen LogP contribution in [0.15, 0.2) is 108 Å². The third kappa shape index (κ3) is 7.34. The maximum absolute atomic E-state index is 2.59. The molecule has 3 heteroatoms. The number of hydrogen-bond acceptors (Lipinski definition) is 0. The van der Waals surface area contributed by atoms with Gasteiger partial charge in [-0.1, -0.05) is 0 Å². The van der Waals surface area contributed by atoms with Crippen LogP contribution in [0.1, 0.15) is 118 Å². The smallest absolute Gasteiger partial charge is 1.00 e. The molecule has 0 fully saturated rings. The van der Waals surface area contributed by atoms with E-state index in [9.17, 15) is 0 Å². The van der Waals surface area contributed by atoms with Crippen LogP contribution >= 0.6 is 0 Å². The van der Waals surface area contributed by atoms with Gasteiger partial charge in [0.15, 0.2) is 0 Å². The second-order valence-corrected chi connectivity index (χ2v) is 19.6. The van der Waals surface area contributed by atoms with Crippen molar-refractivity contribution in [2.24, 2.45) is 5.41 Å². The largest absolute Gasteiger partial charge is 1.00 e. The molecule has 0 aromatic heterocycles. The number of fused-ring (bicyclic) bond motifs is 3. The van der Waals surface area contributed by atoms with Crippen molar-refractivity contribution in [3.63, 3.8) is 0 Å². The predicted molar refractivity (Wildman–Crippen MR) is 192 cm³/mol. The van der Waals surface area contributed by atoms with Gasteiger partial charge in [0.05, 0.1) is 0 Å². The molecule has 0 nitrogen and oxygen atoms in total. The monoisotopic (exact) mass is 737 g/mol. The molecule has 1 atom stereocenters. The number of halogens is 2. The van der Waals surface area contributed by atoms with Crippen molar-refractivity contribution in [3.8, 4) is 11.1 Å². The van der Waals surface area contributed by atoms with Crippen LogP contribution in [0.3, 0.4) is 0 Å². The van der Waals surface area contributed by atoms with Crippen LogP contribution in [-0.2, 0) is 33.6 Å². The van der Waals surface area contributed by atoms with Crippen LogP contribution in [0.25, 0.3) is 16.7 Å². The fraction of sp³-hybridized carbons (Fsp3) is 0.341. The third-order valence-electron chi connectivity index (χ3n) is 9.77. The average Bonchev–Trinajstić information content (AvgIpc) is 3.53. The Balaban J connectivity index is 0.00000250. The van der Waals surface area contributed by atoms with Crippen LogP contribution < -0.4 is 24.8 Å². The fourth-order valence-electron chi connectivity index (χ4n) is 7.11. The Morgan fingerprint density at radius 3 is 1.68 bits per heavy atom. The van der Waals surface area contributed by atoms with E-state index < -0.39 is 22.8 Å². The Morgan fingerprint density at radius 2 is 1.19 bits per heavy atom. The van der Waals surface area contributed by atoms with E-state index in [0.717, 1.165) is 6.42 Å². The second kappa shape index (κ2) is 13.9. The van der Waals surface area contributed by atoms with Gasteiger partial charge in [0.25, 0.3) is 0 Å². The van der Waals surface area contributed by atoms with E-state index in [1.807, 2.05) is 0 Å². The molecule has 0 heterocycles. The number of allylic oxidation sites excluding steroid dienone is 4. The Labute approximate surface area is 308 Å². The predicted octanol–water partition coefficient (Wildman–Crippen LogP) is 5.86. The molecular weight excluding hydrogens is 691 g/mol. The van der Waals surface area contributed by atoms with Crippen molar-refractivity contribution in [2.45, 2.75) is 90.1 Å². The Hall–Kier alpha value is -2.31. The van der Waals surface area contributed by atoms with Crippen LogP contribution in [0, 0.1) is 5.41 Å². The summed E-state index contributed by atoms with van der Waals surface area (Å²) in [7, 11) is 0. The van der Waals surface area contributed by atoms with E-state index in [-0.39, 0.29) is 41.1 Å². The third-order valence-corrected chi connectivity index (χ3v) is 14.1. The normalized spacial score (nSPS) is 15.6. The van der Waals surface area contributed by atoms with Gasteiger partial charge in [-0.2, -0.15) is 0 Å². The zero-order valence-corrected chi connectivity index (χ0v) is 33.7. The molecule has 4 aromatic rings. The molecule has 2 aliphatic carbocycles. The number of benzene rings is 4. The maximum atomic E-state index is 2.59. The summed E-state index contributed by atoms with van der Waals surface area (Å²) in [6.07, 6.45) is 3.55. The molecule has 0 aliphatic heterocycles. The van der Waals surface area contributed by atoms with Gasteiger partial charge in [0.1, 0.15) is 0 Å². The summed E-state index contributed by atoms with van der Waals surface area (Å²) in [5.74, 6) is 0. The Morgan fingerprint density at radius 1 is 0.638 bits per heavy atom. The molecule has 0 N–H and O–H groups in total. The van der Waals surface area contributed by atoms with E-state index >= 15 is 0 Å². The van der Waals surface area contributed by atoms with Gasteiger partial charge in [0.2, 0.25) is 0 Å². The van der Waals surface area contributed by atoms with Crippen LogP contribution in [-0.4, -0.2) is 3.21 Å². The fourth-order valence-corrected chi connectivity index (χ4v) is 11.5. The molecule has 6 rings (SSSR count). The molecule has 0 amide bonds. The van der Waals surface area contributed by atoms with Crippen LogP contribution in [0.5, 0.6) is 0 Å². The molecule has 4 aromatic carbocycles. The molecule has 0 saturated heterocycles. The molecule has 0 bridgehead atoms. The first-order valence-electron chi connectivity index (χ1n) is 16.6. The minimum Gasteiger partial charge on any atom is -1.00 e. The van der Waals surface area contributed by atoms with Crippen molar-refractivity contribution in [3.05, 3.63) is 147 Å². The summed E-state index contributed by atoms with van der Waals surface area (Å²) in [6.45, 7) is 23.8.